The van der Waals surface area contributed by atoms with Crippen molar-refractivity contribution >= 4 is 17.5 Å². The van der Waals surface area contributed by atoms with E-state index in [4.69, 9.17) is 11.6 Å². The molecular weight excluding hydrogens is 372 g/mol. The Labute approximate surface area is 171 Å². The van der Waals surface area contributed by atoms with Gasteiger partial charge in [-0.1, -0.05) is 23.7 Å². The lowest BCUT2D eigenvalue weighted by atomic mass is 9.85. The van der Waals surface area contributed by atoms with Crippen LogP contribution in [-0.2, 0) is 11.3 Å². The lowest BCUT2D eigenvalue weighted by molar-refractivity contribution is -0.137. The van der Waals surface area contributed by atoms with E-state index < -0.39 is 0 Å². The molecule has 5 nitrogen and oxygen atoms in total. The Balaban J connectivity index is 1.40. The molecule has 6 heteroatoms. The first-order chi connectivity index (χ1) is 13.5. The molecule has 1 aromatic heterocycles. The zero-order chi connectivity index (χ0) is 19.5. The molecule has 1 spiro atoms. The third-order valence-corrected chi connectivity index (χ3v) is 7.16. The standard InChI is InChI=1S/C22H27ClN4O/c1-15(2)27-13-17(11-24-27)20-10-18-14-25(12-16-5-3-6-19(23)9-16)21(28)22(18)7-4-8-26(20)22/h3,5-6,9,11,13,15,18,20H,4,7-8,10,12,14H2,1-2H3/t18?,20?,22-/m0/s1. The fourth-order valence-electron chi connectivity index (χ4n) is 5.69. The highest BCUT2D eigenvalue weighted by molar-refractivity contribution is 6.30. The van der Waals surface area contributed by atoms with Crippen LogP contribution in [-0.4, -0.2) is 44.1 Å². The molecule has 3 aliphatic rings. The summed E-state index contributed by atoms with van der Waals surface area (Å²) >= 11 is 6.14. The highest BCUT2D eigenvalue weighted by atomic mass is 35.5. The molecule has 2 unspecified atom stereocenters. The second-order valence-electron chi connectivity index (χ2n) is 8.83. The SMILES string of the molecule is CC(C)n1cc(C2CC3CN(Cc4cccc(Cl)c4)C(=O)[C@]34CCCN24)cn1. The number of rotatable bonds is 4. The molecule has 148 valence electrons. The molecule has 1 amide bonds. The molecule has 3 aliphatic heterocycles. The molecule has 3 saturated heterocycles. The minimum atomic E-state index is -0.302. The van der Waals surface area contributed by atoms with Gasteiger partial charge in [0.2, 0.25) is 5.91 Å². The van der Waals surface area contributed by atoms with Crippen LogP contribution in [0.2, 0.25) is 5.02 Å². The summed E-state index contributed by atoms with van der Waals surface area (Å²) in [6, 6.07) is 8.54. The van der Waals surface area contributed by atoms with E-state index in [2.05, 4.69) is 41.0 Å². The topological polar surface area (TPSA) is 41.4 Å². The van der Waals surface area contributed by atoms with E-state index >= 15 is 0 Å². The second-order valence-corrected chi connectivity index (χ2v) is 9.27. The first kappa shape index (κ1) is 18.2. The third-order valence-electron chi connectivity index (χ3n) is 6.92. The predicted octanol–water partition coefficient (Wildman–Crippen LogP) is 4.06. The molecule has 1 aromatic carbocycles. The van der Waals surface area contributed by atoms with Crippen molar-refractivity contribution in [2.45, 2.75) is 57.3 Å². The molecule has 0 radical (unpaired) electrons. The molecule has 3 fully saturated rings. The van der Waals surface area contributed by atoms with Crippen molar-refractivity contribution in [1.29, 1.82) is 0 Å². The highest BCUT2D eigenvalue weighted by Crippen LogP contribution is 2.56. The smallest absolute Gasteiger partial charge is 0.243 e. The van der Waals surface area contributed by atoms with Crippen LogP contribution in [0.4, 0.5) is 0 Å². The van der Waals surface area contributed by atoms with Crippen LogP contribution < -0.4 is 0 Å². The Morgan fingerprint density at radius 1 is 1.36 bits per heavy atom. The Morgan fingerprint density at radius 2 is 2.21 bits per heavy atom. The molecule has 3 atom stereocenters. The number of hydrogen-bond acceptors (Lipinski definition) is 3. The number of hydrogen-bond donors (Lipinski definition) is 0. The number of benzene rings is 1. The van der Waals surface area contributed by atoms with Crippen LogP contribution in [0.5, 0.6) is 0 Å². The van der Waals surface area contributed by atoms with Crippen molar-refractivity contribution in [3.05, 3.63) is 52.8 Å². The van der Waals surface area contributed by atoms with E-state index in [1.165, 1.54) is 5.56 Å². The molecule has 5 rings (SSSR count). The fraction of sp³-hybridized carbons (Fsp3) is 0.545. The number of nitrogens with zero attached hydrogens (tertiary/aromatic N) is 4. The lowest BCUT2D eigenvalue weighted by Crippen LogP contribution is -2.49. The summed E-state index contributed by atoms with van der Waals surface area (Å²) in [5, 5.41) is 5.28. The van der Waals surface area contributed by atoms with Crippen molar-refractivity contribution in [2.24, 2.45) is 5.92 Å². The molecule has 2 aromatic rings. The van der Waals surface area contributed by atoms with E-state index in [0.29, 0.717) is 30.5 Å². The Hall–Kier alpha value is -1.85. The maximum atomic E-state index is 13.6. The van der Waals surface area contributed by atoms with Crippen LogP contribution in [0, 0.1) is 5.92 Å². The quantitative estimate of drug-likeness (QED) is 0.780. The summed E-state index contributed by atoms with van der Waals surface area (Å²) in [5.74, 6) is 0.711. The summed E-state index contributed by atoms with van der Waals surface area (Å²) < 4.78 is 2.03. The third kappa shape index (κ3) is 2.63. The fourth-order valence-corrected chi connectivity index (χ4v) is 5.91. The van der Waals surface area contributed by atoms with Crippen LogP contribution >= 0.6 is 11.6 Å². The van der Waals surface area contributed by atoms with E-state index in [1.807, 2.05) is 29.1 Å². The lowest BCUT2D eigenvalue weighted by Gasteiger charge is -2.33. The van der Waals surface area contributed by atoms with Crippen molar-refractivity contribution in [3.8, 4) is 0 Å². The second kappa shape index (κ2) is 6.60. The van der Waals surface area contributed by atoms with Gasteiger partial charge in [0.25, 0.3) is 0 Å². The zero-order valence-corrected chi connectivity index (χ0v) is 17.3. The van der Waals surface area contributed by atoms with E-state index in [0.717, 1.165) is 42.9 Å². The molecule has 0 N–H and O–H groups in total. The van der Waals surface area contributed by atoms with Gasteiger partial charge in [-0.2, -0.15) is 5.10 Å². The normalized spacial score (nSPS) is 29.7. The molecule has 0 saturated carbocycles. The summed E-state index contributed by atoms with van der Waals surface area (Å²) in [4.78, 5) is 18.2. The van der Waals surface area contributed by atoms with E-state index in [1.54, 1.807) is 0 Å². The number of likely N-dealkylation sites (tertiary alicyclic amines) is 1. The van der Waals surface area contributed by atoms with Gasteiger partial charge in [-0.15, -0.1) is 0 Å². The minimum absolute atomic E-state index is 0.302. The summed E-state index contributed by atoms with van der Waals surface area (Å²) in [6.07, 6.45) is 7.31. The van der Waals surface area contributed by atoms with Gasteiger partial charge in [0.1, 0.15) is 5.54 Å². The van der Waals surface area contributed by atoms with Gasteiger partial charge < -0.3 is 4.90 Å². The van der Waals surface area contributed by atoms with Crippen LogP contribution in [0.1, 0.15) is 56.3 Å². The Kier molecular flexibility index (Phi) is 4.29. The summed E-state index contributed by atoms with van der Waals surface area (Å²) in [7, 11) is 0. The Bertz CT molecular complexity index is 909. The van der Waals surface area contributed by atoms with Crippen molar-refractivity contribution < 1.29 is 4.79 Å². The van der Waals surface area contributed by atoms with Gasteiger partial charge in [-0.3, -0.25) is 14.4 Å². The van der Waals surface area contributed by atoms with Gasteiger partial charge in [0.15, 0.2) is 0 Å². The average Bonchev–Trinajstić information content (AvgIpc) is 3.39. The molecule has 0 aliphatic carbocycles. The number of aromatic nitrogens is 2. The number of halogens is 1. The Morgan fingerprint density at radius 3 is 2.96 bits per heavy atom. The van der Waals surface area contributed by atoms with Gasteiger partial charge in [-0.05, 0) is 57.4 Å². The van der Waals surface area contributed by atoms with E-state index in [-0.39, 0.29) is 5.54 Å². The van der Waals surface area contributed by atoms with Crippen LogP contribution in [0.15, 0.2) is 36.7 Å². The minimum Gasteiger partial charge on any atom is -0.336 e. The monoisotopic (exact) mass is 398 g/mol. The maximum absolute atomic E-state index is 13.6. The van der Waals surface area contributed by atoms with Gasteiger partial charge in [-0.25, -0.2) is 0 Å². The van der Waals surface area contributed by atoms with Crippen molar-refractivity contribution in [1.82, 2.24) is 19.6 Å². The highest BCUT2D eigenvalue weighted by Gasteiger charge is 2.65. The first-order valence-corrected chi connectivity index (χ1v) is 10.7. The summed E-state index contributed by atoms with van der Waals surface area (Å²) in [6.45, 7) is 6.80. The summed E-state index contributed by atoms with van der Waals surface area (Å²) in [5.41, 5.74) is 2.07. The largest absolute Gasteiger partial charge is 0.336 e. The zero-order valence-electron chi connectivity index (χ0n) is 16.5. The van der Waals surface area contributed by atoms with Gasteiger partial charge in [0, 0.05) is 47.9 Å². The van der Waals surface area contributed by atoms with Crippen LogP contribution in [0.25, 0.3) is 0 Å². The van der Waals surface area contributed by atoms with Gasteiger partial charge >= 0.3 is 0 Å². The molecule has 28 heavy (non-hydrogen) atoms. The van der Waals surface area contributed by atoms with Gasteiger partial charge in [0.05, 0.1) is 6.20 Å². The first-order valence-electron chi connectivity index (χ1n) is 10.3. The van der Waals surface area contributed by atoms with Crippen LogP contribution in [0.3, 0.4) is 0 Å². The number of amides is 1. The molecule has 4 heterocycles. The molecular formula is C22H27ClN4O. The number of carbonyl (C=O) groups excluding carboxylic acids is 1. The maximum Gasteiger partial charge on any atom is 0.243 e. The number of carbonyl (C=O) groups is 1. The van der Waals surface area contributed by atoms with Crippen molar-refractivity contribution in [3.63, 3.8) is 0 Å². The van der Waals surface area contributed by atoms with E-state index in [9.17, 15) is 4.79 Å². The van der Waals surface area contributed by atoms with Crippen molar-refractivity contribution in [2.75, 3.05) is 13.1 Å². The predicted molar refractivity (Wildman–Crippen MR) is 109 cm³/mol. The average molecular weight is 399 g/mol. The molecule has 0 bridgehead atoms.